The number of hydrogen-bond acceptors (Lipinski definition) is 5. The van der Waals surface area contributed by atoms with Crippen molar-refractivity contribution in [2.75, 3.05) is 0 Å². The van der Waals surface area contributed by atoms with Gasteiger partial charge in [0, 0.05) is 11.0 Å². The van der Waals surface area contributed by atoms with Crippen LogP contribution in [0, 0.1) is 0 Å². The predicted molar refractivity (Wildman–Crippen MR) is 80.0 cm³/mol. The zero-order valence-electron chi connectivity index (χ0n) is 10.2. The number of benzene rings is 1. The molecule has 0 bridgehead atoms. The lowest BCUT2D eigenvalue weighted by Gasteiger charge is -1.97. The van der Waals surface area contributed by atoms with Gasteiger partial charge in [-0.2, -0.15) is 5.10 Å². The molecule has 0 aliphatic rings. The van der Waals surface area contributed by atoms with Crippen molar-refractivity contribution in [1.29, 1.82) is 0 Å². The summed E-state index contributed by atoms with van der Waals surface area (Å²) in [6, 6.07) is 11.9. The van der Waals surface area contributed by atoms with Crippen LogP contribution >= 0.6 is 27.7 Å². The molecule has 7 heteroatoms. The minimum absolute atomic E-state index is 0.656. The molecule has 3 aromatic rings. The second-order valence-electron chi connectivity index (χ2n) is 3.79. The quantitative estimate of drug-likeness (QED) is 0.675. The Kier molecular flexibility index (Phi) is 3.98. The minimum Gasteiger partial charge on any atom is -0.447 e. The normalized spacial score (nSPS) is 11.2. The van der Waals surface area contributed by atoms with Crippen molar-refractivity contribution >= 4 is 33.9 Å². The molecule has 0 unspecified atom stereocenters. The third kappa shape index (κ3) is 3.17. The van der Waals surface area contributed by atoms with E-state index in [1.807, 2.05) is 36.4 Å². The van der Waals surface area contributed by atoms with Crippen molar-refractivity contribution in [2.24, 2.45) is 5.10 Å². The van der Waals surface area contributed by atoms with Gasteiger partial charge in [-0.15, -0.1) is 10.2 Å². The van der Waals surface area contributed by atoms with E-state index in [2.05, 4.69) is 31.2 Å². The lowest BCUT2D eigenvalue weighted by molar-refractivity contribution is 0.465. The molecule has 20 heavy (non-hydrogen) atoms. The van der Waals surface area contributed by atoms with Crippen LogP contribution in [0.4, 0.5) is 0 Å². The van der Waals surface area contributed by atoms with Crippen molar-refractivity contribution < 1.29 is 4.42 Å². The van der Waals surface area contributed by atoms with E-state index in [-0.39, 0.29) is 0 Å². The van der Waals surface area contributed by atoms with E-state index >= 15 is 0 Å². The molecule has 0 spiro atoms. The van der Waals surface area contributed by atoms with Gasteiger partial charge in [0.2, 0.25) is 0 Å². The zero-order chi connectivity index (χ0) is 13.8. The summed E-state index contributed by atoms with van der Waals surface area (Å²) in [6.07, 6.45) is 4.63. The third-order valence-electron chi connectivity index (χ3n) is 2.35. The van der Waals surface area contributed by atoms with Crippen LogP contribution in [0.15, 0.2) is 73.0 Å². The molecule has 2 heterocycles. The van der Waals surface area contributed by atoms with E-state index in [1.54, 1.807) is 18.0 Å². The molecular formula is C13H9BrN4OS. The summed E-state index contributed by atoms with van der Waals surface area (Å²) in [5.41, 5.74) is 0. The van der Waals surface area contributed by atoms with Crippen LogP contribution in [0.5, 0.6) is 0 Å². The molecule has 0 amide bonds. The van der Waals surface area contributed by atoms with Crippen LogP contribution in [0.25, 0.3) is 0 Å². The van der Waals surface area contributed by atoms with Gasteiger partial charge in [-0.3, -0.25) is 0 Å². The lowest BCUT2D eigenvalue weighted by atomic mass is 10.4. The molecule has 0 radical (unpaired) electrons. The molecule has 3 rings (SSSR count). The maximum Gasteiger partial charge on any atom is 0.180 e. The summed E-state index contributed by atoms with van der Waals surface area (Å²) in [6.45, 7) is 0. The van der Waals surface area contributed by atoms with Gasteiger partial charge in [-0.05, 0) is 28.1 Å². The number of rotatable bonds is 4. The number of furan rings is 1. The van der Waals surface area contributed by atoms with Crippen LogP contribution < -0.4 is 0 Å². The largest absolute Gasteiger partial charge is 0.447 e. The summed E-state index contributed by atoms with van der Waals surface area (Å²) in [7, 11) is 0. The Morgan fingerprint density at radius 1 is 1.20 bits per heavy atom. The monoisotopic (exact) mass is 348 g/mol. The smallest absolute Gasteiger partial charge is 0.180 e. The maximum absolute atomic E-state index is 5.73. The van der Waals surface area contributed by atoms with E-state index in [0.717, 1.165) is 14.5 Å². The first-order chi connectivity index (χ1) is 9.81. The van der Waals surface area contributed by atoms with Gasteiger partial charge in [-0.25, -0.2) is 4.68 Å². The highest BCUT2D eigenvalue weighted by Gasteiger charge is 2.09. The highest BCUT2D eigenvalue weighted by Crippen LogP contribution is 2.35. The van der Waals surface area contributed by atoms with Gasteiger partial charge in [0.1, 0.15) is 18.4 Å². The first kappa shape index (κ1) is 13.1. The Balaban J connectivity index is 1.77. The second-order valence-corrected chi connectivity index (χ2v) is 5.69. The molecule has 0 aliphatic carbocycles. The Bertz CT molecular complexity index is 709. The molecule has 0 N–H and O–H groups in total. The molecule has 100 valence electrons. The number of hydrogen-bond donors (Lipinski definition) is 0. The van der Waals surface area contributed by atoms with Gasteiger partial charge >= 0.3 is 0 Å². The lowest BCUT2D eigenvalue weighted by Crippen LogP contribution is -1.84. The minimum atomic E-state index is 0.656. The summed E-state index contributed by atoms with van der Waals surface area (Å²) in [5.74, 6) is 0.656. The van der Waals surface area contributed by atoms with Crippen LogP contribution in [-0.2, 0) is 0 Å². The third-order valence-corrected chi connectivity index (χ3v) is 4.20. The number of nitrogens with zero attached hydrogens (tertiary/aromatic N) is 4. The SMILES string of the molecule is Brc1cc(/C=N\n2cnnc2)oc1Sc1ccccc1. The van der Waals surface area contributed by atoms with Crippen LogP contribution in [0.2, 0.25) is 0 Å². The molecule has 0 aliphatic heterocycles. The highest BCUT2D eigenvalue weighted by atomic mass is 79.9. The standard InChI is InChI=1S/C13H9BrN4OS/c14-12-6-10(7-17-18-8-15-16-9-18)19-13(12)20-11-4-2-1-3-5-11/h1-9H/b17-7-. The van der Waals surface area contributed by atoms with Gasteiger partial charge < -0.3 is 4.42 Å². The topological polar surface area (TPSA) is 56.2 Å². The Hall–Kier alpha value is -1.86. The van der Waals surface area contributed by atoms with Crippen molar-refractivity contribution in [3.05, 3.63) is 59.3 Å². The average molecular weight is 349 g/mol. The van der Waals surface area contributed by atoms with E-state index in [1.165, 1.54) is 17.3 Å². The Morgan fingerprint density at radius 2 is 1.95 bits per heavy atom. The average Bonchev–Trinajstić information content (AvgIpc) is 3.08. The fourth-order valence-corrected chi connectivity index (χ4v) is 2.83. The number of halogens is 1. The maximum atomic E-state index is 5.73. The predicted octanol–water partition coefficient (Wildman–Crippen LogP) is 3.67. The second kappa shape index (κ2) is 6.06. The van der Waals surface area contributed by atoms with Gasteiger partial charge in [0.25, 0.3) is 0 Å². The molecule has 2 aromatic heterocycles. The van der Waals surface area contributed by atoms with E-state index < -0.39 is 0 Å². The fourth-order valence-electron chi connectivity index (χ4n) is 1.48. The Morgan fingerprint density at radius 3 is 2.70 bits per heavy atom. The van der Waals surface area contributed by atoms with Crippen LogP contribution in [-0.4, -0.2) is 21.1 Å². The van der Waals surface area contributed by atoms with Gasteiger partial charge in [-0.1, -0.05) is 30.0 Å². The van der Waals surface area contributed by atoms with Gasteiger partial charge in [0.05, 0.1) is 10.7 Å². The van der Waals surface area contributed by atoms with E-state index in [0.29, 0.717) is 5.76 Å². The van der Waals surface area contributed by atoms with E-state index in [9.17, 15) is 0 Å². The molecule has 0 atom stereocenters. The van der Waals surface area contributed by atoms with Crippen LogP contribution in [0.1, 0.15) is 5.76 Å². The molecule has 5 nitrogen and oxygen atoms in total. The molecule has 0 saturated carbocycles. The first-order valence-electron chi connectivity index (χ1n) is 5.72. The summed E-state index contributed by atoms with van der Waals surface area (Å²) in [5, 5.41) is 12.3. The first-order valence-corrected chi connectivity index (χ1v) is 7.33. The van der Waals surface area contributed by atoms with Crippen molar-refractivity contribution in [3.63, 3.8) is 0 Å². The Labute approximate surface area is 127 Å². The van der Waals surface area contributed by atoms with Crippen LogP contribution in [0.3, 0.4) is 0 Å². The fraction of sp³-hybridized carbons (Fsp3) is 0. The molecule has 0 fully saturated rings. The molecule has 1 aromatic carbocycles. The van der Waals surface area contributed by atoms with E-state index in [4.69, 9.17) is 4.42 Å². The van der Waals surface area contributed by atoms with Crippen molar-refractivity contribution in [1.82, 2.24) is 14.9 Å². The van der Waals surface area contributed by atoms with Crippen molar-refractivity contribution in [3.8, 4) is 0 Å². The molecule has 0 saturated heterocycles. The molecular weight excluding hydrogens is 340 g/mol. The summed E-state index contributed by atoms with van der Waals surface area (Å²) >= 11 is 5.04. The number of aromatic nitrogens is 3. The summed E-state index contributed by atoms with van der Waals surface area (Å²) in [4.78, 5) is 1.12. The highest BCUT2D eigenvalue weighted by molar-refractivity contribution is 9.10. The van der Waals surface area contributed by atoms with Gasteiger partial charge in [0.15, 0.2) is 5.09 Å². The zero-order valence-corrected chi connectivity index (χ0v) is 12.6. The van der Waals surface area contributed by atoms with Crippen molar-refractivity contribution in [2.45, 2.75) is 9.99 Å². The summed E-state index contributed by atoms with van der Waals surface area (Å²) < 4.78 is 8.13.